The van der Waals surface area contributed by atoms with E-state index in [0.29, 0.717) is 6.54 Å². The summed E-state index contributed by atoms with van der Waals surface area (Å²) in [7, 11) is 0. The number of nitrogens with zero attached hydrogens (tertiary/aromatic N) is 3. The van der Waals surface area contributed by atoms with Gasteiger partial charge in [-0.1, -0.05) is 66.7 Å². The number of Topliss-reactive ketones (excluding diaryl/α,β-unsaturated/α-hetero) is 1. The van der Waals surface area contributed by atoms with E-state index in [2.05, 4.69) is 63.2 Å². The minimum atomic E-state index is 0.151. The molecule has 0 spiro atoms. The van der Waals surface area contributed by atoms with Crippen molar-refractivity contribution in [2.45, 2.75) is 0 Å². The summed E-state index contributed by atoms with van der Waals surface area (Å²) in [6, 6.07) is 30.3. The molecule has 27 heavy (non-hydrogen) atoms. The Morgan fingerprint density at radius 3 is 1.56 bits per heavy atom. The molecule has 4 rings (SSSR count). The van der Waals surface area contributed by atoms with Crippen molar-refractivity contribution >= 4 is 17.2 Å². The number of hydrogen-bond acceptors (Lipinski definition) is 4. The van der Waals surface area contributed by atoms with E-state index < -0.39 is 0 Å². The summed E-state index contributed by atoms with van der Waals surface area (Å²) in [6.07, 6.45) is 0. The largest absolute Gasteiger partial charge is 0.341 e. The van der Waals surface area contributed by atoms with Gasteiger partial charge in [0.15, 0.2) is 5.78 Å². The van der Waals surface area contributed by atoms with Gasteiger partial charge in [0.05, 0.1) is 26.6 Å². The number of ketones is 1. The van der Waals surface area contributed by atoms with Crippen LogP contribution in [-0.2, 0) is 0 Å². The first kappa shape index (κ1) is 17.3. The lowest BCUT2D eigenvalue weighted by Gasteiger charge is -2.44. The zero-order valence-corrected chi connectivity index (χ0v) is 15.2. The Balaban J connectivity index is 1.56. The highest BCUT2D eigenvalue weighted by Gasteiger charge is 2.25. The fourth-order valence-corrected chi connectivity index (χ4v) is 3.45. The standard InChI is InChI=1S/C23H23N3O/c27-23(20-10-4-1-5-11-20)16-24-17-25(21-12-6-2-7-13-21)19-26(18-24)22-14-8-3-9-15-22/h1-15H,16-19H2. The zero-order valence-electron chi connectivity index (χ0n) is 15.2. The lowest BCUT2D eigenvalue weighted by atomic mass is 10.1. The Morgan fingerprint density at radius 1 is 0.630 bits per heavy atom. The summed E-state index contributed by atoms with van der Waals surface area (Å²) >= 11 is 0. The van der Waals surface area contributed by atoms with Gasteiger partial charge in [-0.15, -0.1) is 0 Å². The number of hydrogen-bond donors (Lipinski definition) is 0. The maximum atomic E-state index is 12.7. The van der Waals surface area contributed by atoms with Crippen LogP contribution in [0.4, 0.5) is 11.4 Å². The molecule has 0 aliphatic carbocycles. The molecule has 0 radical (unpaired) electrons. The number of benzene rings is 3. The van der Waals surface area contributed by atoms with Crippen molar-refractivity contribution < 1.29 is 4.79 Å². The van der Waals surface area contributed by atoms with Gasteiger partial charge < -0.3 is 9.80 Å². The summed E-state index contributed by atoms with van der Waals surface area (Å²) in [4.78, 5) is 19.5. The van der Waals surface area contributed by atoms with Crippen LogP contribution >= 0.6 is 0 Å². The van der Waals surface area contributed by atoms with Gasteiger partial charge in [-0.25, -0.2) is 0 Å². The minimum absolute atomic E-state index is 0.151. The molecule has 3 aromatic carbocycles. The molecule has 3 aromatic rings. The second-order valence-electron chi connectivity index (χ2n) is 6.79. The second-order valence-corrected chi connectivity index (χ2v) is 6.79. The summed E-state index contributed by atoms with van der Waals surface area (Å²) < 4.78 is 0. The molecule has 0 aromatic heterocycles. The molecular weight excluding hydrogens is 334 g/mol. The highest BCUT2D eigenvalue weighted by atomic mass is 16.1. The van der Waals surface area contributed by atoms with Crippen LogP contribution in [0, 0.1) is 0 Å². The predicted octanol–water partition coefficient (Wildman–Crippen LogP) is 4.07. The van der Waals surface area contributed by atoms with E-state index in [1.54, 1.807) is 0 Å². The van der Waals surface area contributed by atoms with Gasteiger partial charge in [-0.3, -0.25) is 9.69 Å². The second kappa shape index (κ2) is 8.06. The molecule has 0 saturated carbocycles. The van der Waals surface area contributed by atoms with Crippen LogP contribution < -0.4 is 9.80 Å². The van der Waals surface area contributed by atoms with Gasteiger partial charge in [-0.2, -0.15) is 0 Å². The molecule has 1 aliphatic rings. The molecule has 0 atom stereocenters. The summed E-state index contributed by atoms with van der Waals surface area (Å²) in [5, 5.41) is 0. The highest BCUT2D eigenvalue weighted by Crippen LogP contribution is 2.23. The average molecular weight is 357 g/mol. The van der Waals surface area contributed by atoms with Crippen LogP contribution in [0.3, 0.4) is 0 Å². The van der Waals surface area contributed by atoms with Crippen molar-refractivity contribution in [3.63, 3.8) is 0 Å². The Morgan fingerprint density at radius 2 is 1.07 bits per heavy atom. The first-order chi connectivity index (χ1) is 13.3. The fourth-order valence-electron chi connectivity index (χ4n) is 3.45. The molecule has 1 fully saturated rings. The Bertz CT molecular complexity index is 820. The van der Waals surface area contributed by atoms with Crippen LogP contribution in [0.25, 0.3) is 0 Å². The Kier molecular flexibility index (Phi) is 5.17. The number of anilines is 2. The minimum Gasteiger partial charge on any atom is -0.341 e. The predicted molar refractivity (Wildman–Crippen MR) is 110 cm³/mol. The molecule has 1 heterocycles. The maximum absolute atomic E-state index is 12.7. The monoisotopic (exact) mass is 357 g/mol. The van der Waals surface area contributed by atoms with Gasteiger partial charge >= 0.3 is 0 Å². The summed E-state index contributed by atoms with van der Waals surface area (Å²) in [6.45, 7) is 2.65. The average Bonchev–Trinajstić information content (AvgIpc) is 2.75. The molecule has 0 unspecified atom stereocenters. The Labute approximate surface area is 160 Å². The van der Waals surface area contributed by atoms with E-state index in [4.69, 9.17) is 0 Å². The molecule has 4 heteroatoms. The van der Waals surface area contributed by atoms with E-state index in [1.165, 1.54) is 0 Å². The molecule has 0 amide bonds. The van der Waals surface area contributed by atoms with Crippen molar-refractivity contribution in [2.75, 3.05) is 36.4 Å². The van der Waals surface area contributed by atoms with Gasteiger partial charge in [0, 0.05) is 16.9 Å². The highest BCUT2D eigenvalue weighted by molar-refractivity contribution is 5.97. The van der Waals surface area contributed by atoms with E-state index in [-0.39, 0.29) is 5.78 Å². The van der Waals surface area contributed by atoms with Crippen molar-refractivity contribution in [1.29, 1.82) is 0 Å². The Hall–Kier alpha value is -3.11. The molecule has 1 saturated heterocycles. The first-order valence-corrected chi connectivity index (χ1v) is 9.20. The molecule has 1 aliphatic heterocycles. The number of carbonyl (C=O) groups excluding carboxylic acids is 1. The van der Waals surface area contributed by atoms with Gasteiger partial charge in [0.2, 0.25) is 0 Å². The fraction of sp³-hybridized carbons (Fsp3) is 0.174. The SMILES string of the molecule is O=C(CN1CN(c2ccccc2)CN(c2ccccc2)C1)c1ccccc1. The van der Waals surface area contributed by atoms with Crippen LogP contribution in [0.1, 0.15) is 10.4 Å². The normalized spacial score (nSPS) is 15.0. The van der Waals surface area contributed by atoms with Crippen molar-refractivity contribution in [1.82, 2.24) is 4.90 Å². The lowest BCUT2D eigenvalue weighted by Crippen LogP contribution is -2.56. The number of para-hydroxylation sites is 2. The van der Waals surface area contributed by atoms with E-state index >= 15 is 0 Å². The van der Waals surface area contributed by atoms with E-state index in [1.807, 2.05) is 42.5 Å². The molecule has 0 bridgehead atoms. The van der Waals surface area contributed by atoms with Crippen LogP contribution in [0.5, 0.6) is 0 Å². The quantitative estimate of drug-likeness (QED) is 0.643. The van der Waals surface area contributed by atoms with Crippen LogP contribution in [-0.4, -0.2) is 37.2 Å². The van der Waals surface area contributed by atoms with E-state index in [0.717, 1.165) is 36.9 Å². The van der Waals surface area contributed by atoms with E-state index in [9.17, 15) is 4.79 Å². The molecular formula is C23H23N3O. The van der Waals surface area contributed by atoms with Gasteiger partial charge in [-0.05, 0) is 24.3 Å². The molecule has 136 valence electrons. The third-order valence-electron chi connectivity index (χ3n) is 4.79. The summed E-state index contributed by atoms with van der Waals surface area (Å²) in [5.41, 5.74) is 3.09. The number of carbonyl (C=O) groups is 1. The van der Waals surface area contributed by atoms with Gasteiger partial charge in [0.25, 0.3) is 0 Å². The summed E-state index contributed by atoms with van der Waals surface area (Å²) in [5.74, 6) is 0.151. The van der Waals surface area contributed by atoms with Crippen LogP contribution in [0.15, 0.2) is 91.0 Å². The van der Waals surface area contributed by atoms with Crippen molar-refractivity contribution in [3.8, 4) is 0 Å². The van der Waals surface area contributed by atoms with Crippen molar-refractivity contribution in [3.05, 3.63) is 96.6 Å². The smallest absolute Gasteiger partial charge is 0.176 e. The number of rotatable bonds is 5. The third-order valence-corrected chi connectivity index (χ3v) is 4.79. The van der Waals surface area contributed by atoms with Gasteiger partial charge in [0.1, 0.15) is 0 Å². The molecule has 0 N–H and O–H groups in total. The van der Waals surface area contributed by atoms with Crippen molar-refractivity contribution in [2.24, 2.45) is 0 Å². The van der Waals surface area contributed by atoms with Crippen LogP contribution in [0.2, 0.25) is 0 Å². The maximum Gasteiger partial charge on any atom is 0.176 e. The third kappa shape index (κ3) is 4.18. The zero-order chi connectivity index (χ0) is 18.5. The topological polar surface area (TPSA) is 26.8 Å². The lowest BCUT2D eigenvalue weighted by molar-refractivity contribution is 0.0921. The first-order valence-electron chi connectivity index (χ1n) is 9.20. The molecule has 4 nitrogen and oxygen atoms in total.